The summed E-state index contributed by atoms with van der Waals surface area (Å²) in [5, 5.41) is 23.3. The van der Waals surface area contributed by atoms with Gasteiger partial charge in [0, 0.05) is 12.8 Å². The van der Waals surface area contributed by atoms with Crippen molar-refractivity contribution in [1.82, 2.24) is 5.32 Å². The van der Waals surface area contributed by atoms with E-state index in [1.807, 2.05) is 6.08 Å². The van der Waals surface area contributed by atoms with E-state index in [2.05, 4.69) is 55.6 Å². The number of aliphatic hydroxyl groups excluding tert-OH is 2. The Morgan fingerprint density at radius 2 is 0.568 bits per heavy atom. The van der Waals surface area contributed by atoms with Gasteiger partial charge in [0.05, 0.1) is 25.4 Å². The molecule has 1 amide bonds. The molecule has 0 radical (unpaired) electrons. The van der Waals surface area contributed by atoms with Crippen molar-refractivity contribution < 1.29 is 24.5 Å². The fourth-order valence-electron chi connectivity index (χ4n) is 12.5. The zero-order valence-electron chi connectivity index (χ0n) is 59.5. The molecule has 0 spiro atoms. The topological polar surface area (TPSA) is 95.9 Å². The molecule has 88 heavy (non-hydrogen) atoms. The van der Waals surface area contributed by atoms with E-state index in [-0.39, 0.29) is 18.5 Å². The Kier molecular flexibility index (Phi) is 75.4. The number of carbonyl (C=O) groups is 2. The Bertz CT molecular complexity index is 1470. The smallest absolute Gasteiger partial charge is 0.305 e. The number of aliphatic hydroxyl groups is 2. The van der Waals surface area contributed by atoms with Crippen molar-refractivity contribution in [1.29, 1.82) is 0 Å². The lowest BCUT2D eigenvalue weighted by Gasteiger charge is -2.20. The molecule has 0 heterocycles. The largest absolute Gasteiger partial charge is 0.466 e. The van der Waals surface area contributed by atoms with E-state index >= 15 is 0 Å². The molecule has 2 unspecified atom stereocenters. The van der Waals surface area contributed by atoms with E-state index in [4.69, 9.17) is 4.74 Å². The van der Waals surface area contributed by atoms with Crippen molar-refractivity contribution in [3.05, 3.63) is 48.6 Å². The number of amides is 1. The van der Waals surface area contributed by atoms with Crippen LogP contribution in [0.1, 0.15) is 438 Å². The minimum Gasteiger partial charge on any atom is -0.466 e. The van der Waals surface area contributed by atoms with Gasteiger partial charge < -0.3 is 20.3 Å². The molecule has 0 rings (SSSR count). The Morgan fingerprint density at radius 3 is 0.886 bits per heavy atom. The van der Waals surface area contributed by atoms with Gasteiger partial charge in [-0.1, -0.05) is 383 Å². The van der Waals surface area contributed by atoms with Gasteiger partial charge >= 0.3 is 5.97 Å². The molecule has 6 nitrogen and oxygen atoms in total. The maximum atomic E-state index is 12.6. The maximum Gasteiger partial charge on any atom is 0.305 e. The molecule has 0 aromatic heterocycles. The summed E-state index contributed by atoms with van der Waals surface area (Å²) in [6.07, 6.45) is 102. The Balaban J connectivity index is 3.41. The molecule has 0 saturated heterocycles. The minimum atomic E-state index is -0.846. The van der Waals surface area contributed by atoms with Crippen LogP contribution in [0.25, 0.3) is 0 Å². The number of rotatable bonds is 75. The third-order valence-electron chi connectivity index (χ3n) is 18.6. The lowest BCUT2D eigenvalue weighted by molar-refractivity contribution is -0.143. The van der Waals surface area contributed by atoms with Gasteiger partial charge in [0.25, 0.3) is 0 Å². The van der Waals surface area contributed by atoms with E-state index in [9.17, 15) is 19.8 Å². The van der Waals surface area contributed by atoms with Crippen molar-refractivity contribution in [3.8, 4) is 0 Å². The first kappa shape index (κ1) is 85.8. The number of allylic oxidation sites excluding steroid dienone is 7. The second kappa shape index (κ2) is 77.3. The molecule has 0 fully saturated rings. The molecular formula is C82H155NO5. The molecule has 0 aliphatic carbocycles. The first-order valence-corrected chi connectivity index (χ1v) is 39.9. The lowest BCUT2D eigenvalue weighted by atomic mass is 10.0. The molecule has 6 heteroatoms. The molecule has 3 N–H and O–H groups in total. The highest BCUT2D eigenvalue weighted by Crippen LogP contribution is 2.19. The Hall–Kier alpha value is -2.18. The molecule has 0 aromatic carbocycles. The van der Waals surface area contributed by atoms with Crippen LogP contribution in [0.4, 0.5) is 0 Å². The van der Waals surface area contributed by atoms with Gasteiger partial charge in [-0.15, -0.1) is 0 Å². The van der Waals surface area contributed by atoms with E-state index in [1.165, 1.54) is 360 Å². The second-order valence-corrected chi connectivity index (χ2v) is 27.4. The van der Waals surface area contributed by atoms with Gasteiger partial charge in [0.2, 0.25) is 5.91 Å². The van der Waals surface area contributed by atoms with Crippen molar-refractivity contribution in [3.63, 3.8) is 0 Å². The number of esters is 1. The third-order valence-corrected chi connectivity index (χ3v) is 18.6. The monoisotopic (exact) mass is 1230 g/mol. The summed E-state index contributed by atoms with van der Waals surface area (Å²) in [6.45, 7) is 4.92. The Labute approximate surface area is 550 Å². The minimum absolute atomic E-state index is 0.00506. The number of hydrogen-bond acceptors (Lipinski definition) is 5. The van der Waals surface area contributed by atoms with Crippen LogP contribution in [0, 0.1) is 0 Å². The van der Waals surface area contributed by atoms with E-state index in [1.54, 1.807) is 6.08 Å². The average molecular weight is 1240 g/mol. The first-order chi connectivity index (χ1) is 43.5. The molecule has 0 aliphatic heterocycles. The third kappa shape index (κ3) is 72.9. The highest BCUT2D eigenvalue weighted by Gasteiger charge is 2.18. The molecule has 518 valence electrons. The Morgan fingerprint density at radius 1 is 0.318 bits per heavy atom. The fourth-order valence-corrected chi connectivity index (χ4v) is 12.5. The summed E-state index contributed by atoms with van der Waals surface area (Å²) in [6, 6.07) is -0.629. The summed E-state index contributed by atoms with van der Waals surface area (Å²) in [4.78, 5) is 24.6. The number of carbonyl (C=O) groups excluding carboxylic acids is 2. The van der Waals surface area contributed by atoms with E-state index < -0.39 is 12.1 Å². The maximum absolute atomic E-state index is 12.6. The number of unbranched alkanes of at least 4 members (excludes halogenated alkanes) is 58. The van der Waals surface area contributed by atoms with Crippen molar-refractivity contribution >= 4 is 11.9 Å². The highest BCUT2D eigenvalue weighted by atomic mass is 16.5. The van der Waals surface area contributed by atoms with Crippen molar-refractivity contribution in [2.24, 2.45) is 0 Å². The van der Waals surface area contributed by atoms with Crippen LogP contribution < -0.4 is 5.32 Å². The lowest BCUT2D eigenvalue weighted by Crippen LogP contribution is -2.45. The molecule has 0 saturated carbocycles. The van der Waals surface area contributed by atoms with Crippen LogP contribution in [0.3, 0.4) is 0 Å². The van der Waals surface area contributed by atoms with Crippen molar-refractivity contribution in [2.45, 2.75) is 450 Å². The van der Waals surface area contributed by atoms with Crippen LogP contribution in [-0.2, 0) is 14.3 Å². The number of nitrogens with one attached hydrogen (secondary N) is 1. The second-order valence-electron chi connectivity index (χ2n) is 27.4. The molecule has 0 aliphatic rings. The van der Waals surface area contributed by atoms with Crippen LogP contribution in [0.2, 0.25) is 0 Å². The highest BCUT2D eigenvalue weighted by molar-refractivity contribution is 5.76. The van der Waals surface area contributed by atoms with Crippen LogP contribution in [0.5, 0.6) is 0 Å². The fraction of sp³-hybridized carbons (Fsp3) is 0.878. The van der Waals surface area contributed by atoms with Crippen LogP contribution >= 0.6 is 0 Å². The van der Waals surface area contributed by atoms with Crippen LogP contribution in [0.15, 0.2) is 48.6 Å². The molecule has 2 atom stereocenters. The number of ether oxygens (including phenoxy) is 1. The summed E-state index contributed by atoms with van der Waals surface area (Å²) in [5.74, 6) is -0.0563. The van der Waals surface area contributed by atoms with E-state index in [0.29, 0.717) is 19.4 Å². The predicted octanol–water partition coefficient (Wildman–Crippen LogP) is 26.4. The summed E-state index contributed by atoms with van der Waals surface area (Å²) < 4.78 is 5.48. The molecular weight excluding hydrogens is 1080 g/mol. The predicted molar refractivity (Wildman–Crippen MR) is 389 cm³/mol. The summed E-state index contributed by atoms with van der Waals surface area (Å²) in [5.41, 5.74) is 0. The summed E-state index contributed by atoms with van der Waals surface area (Å²) >= 11 is 0. The van der Waals surface area contributed by atoms with Gasteiger partial charge in [-0.25, -0.2) is 0 Å². The zero-order chi connectivity index (χ0) is 63.5. The van der Waals surface area contributed by atoms with Crippen molar-refractivity contribution in [2.75, 3.05) is 13.2 Å². The SMILES string of the molecule is CCCCCC/C=C\CCCCCCCC(=O)OCCCCCCCCCCC/C=C\C/C=C\CCCCCCCCCCCCCCCCCCCC(=O)NC(CO)C(O)/C=C/CCCCCCCCCCCCCCCCCCCCCCCCC. The van der Waals surface area contributed by atoms with Gasteiger partial charge in [0.15, 0.2) is 0 Å². The van der Waals surface area contributed by atoms with E-state index in [0.717, 1.165) is 51.4 Å². The quantitative estimate of drug-likeness (QED) is 0.0320. The number of hydrogen-bond donors (Lipinski definition) is 3. The first-order valence-electron chi connectivity index (χ1n) is 39.9. The van der Waals surface area contributed by atoms with Gasteiger partial charge in [0.1, 0.15) is 0 Å². The normalized spacial score (nSPS) is 12.7. The zero-order valence-corrected chi connectivity index (χ0v) is 59.5. The van der Waals surface area contributed by atoms with Gasteiger partial charge in [-0.3, -0.25) is 9.59 Å². The molecule has 0 bridgehead atoms. The van der Waals surface area contributed by atoms with Gasteiger partial charge in [-0.2, -0.15) is 0 Å². The average Bonchev–Trinajstić information content (AvgIpc) is 3.54. The van der Waals surface area contributed by atoms with Crippen LogP contribution in [-0.4, -0.2) is 47.4 Å². The van der Waals surface area contributed by atoms with Gasteiger partial charge in [-0.05, 0) is 89.9 Å². The standard InChI is InChI=1S/C82H155NO5/c1-3-5-7-9-11-13-15-17-18-19-20-21-22-32-35-38-41-44-47-51-54-58-62-66-70-74-80(85)79(78-84)83-81(86)75-71-67-63-59-55-52-48-45-42-39-36-33-30-28-26-24-23-25-27-29-31-34-37-40-43-46-49-53-57-61-65-69-73-77-88-82(87)76-72-68-64-60-56-50-16-14-12-10-8-6-4-2/h14,16,27,29,34,37,70,74,79-80,84-85H,3-13,15,17-26,28,30-33,35-36,38-69,71-73,75-78H2,1-2H3,(H,83,86)/b16-14-,29-27-,37-34-,74-70+. The summed E-state index contributed by atoms with van der Waals surface area (Å²) in [7, 11) is 0. The molecule has 0 aromatic rings.